The summed E-state index contributed by atoms with van der Waals surface area (Å²) in [5.74, 6) is -1.06. The van der Waals surface area contributed by atoms with Gasteiger partial charge in [0.25, 0.3) is 0 Å². The second-order valence-electron chi connectivity index (χ2n) is 5.28. The number of allylic oxidation sites excluding steroid dienone is 3. The number of rotatable bonds is 14. The zero-order valence-electron chi connectivity index (χ0n) is 13.8. The molecule has 1 N–H and O–H groups in total. The minimum atomic E-state index is -0.821. The van der Waals surface area contributed by atoms with Crippen LogP contribution in [0.25, 0.3) is 0 Å². The van der Waals surface area contributed by atoms with E-state index in [9.17, 15) is 9.59 Å². The summed E-state index contributed by atoms with van der Waals surface area (Å²) < 4.78 is 5.07. The number of ether oxygens (including phenoxy) is 1. The Kier molecular flexibility index (Phi) is 14.7. The first kappa shape index (κ1) is 20.4. The van der Waals surface area contributed by atoms with E-state index in [1.807, 2.05) is 6.08 Å². The smallest absolute Gasteiger partial charge is 0.305 e. The molecule has 0 bridgehead atoms. The van der Waals surface area contributed by atoms with Gasteiger partial charge in [-0.05, 0) is 38.5 Å². The molecule has 0 heterocycles. The van der Waals surface area contributed by atoms with Gasteiger partial charge in [0.1, 0.15) is 0 Å². The molecule has 0 amide bonds. The van der Waals surface area contributed by atoms with Crippen molar-refractivity contribution in [2.75, 3.05) is 6.61 Å². The molecule has 0 aromatic heterocycles. The third kappa shape index (κ3) is 16.5. The first-order valence-electron chi connectivity index (χ1n) is 8.34. The Balaban J connectivity index is 3.38. The Labute approximate surface area is 134 Å². The summed E-state index contributed by atoms with van der Waals surface area (Å²) in [4.78, 5) is 21.6. The average molecular weight is 310 g/mol. The van der Waals surface area contributed by atoms with Crippen LogP contribution in [0.5, 0.6) is 0 Å². The third-order valence-corrected chi connectivity index (χ3v) is 3.15. The number of aliphatic carboxylic acids is 1. The zero-order valence-corrected chi connectivity index (χ0v) is 13.8. The van der Waals surface area contributed by atoms with Gasteiger partial charge in [-0.25, -0.2) is 0 Å². The highest BCUT2D eigenvalue weighted by Crippen LogP contribution is 2.02. The summed E-state index contributed by atoms with van der Waals surface area (Å²) in [7, 11) is 0. The maximum atomic E-state index is 11.3. The van der Waals surface area contributed by atoms with Crippen molar-refractivity contribution in [3.8, 4) is 0 Å². The average Bonchev–Trinajstić information content (AvgIpc) is 2.49. The number of hydrogen-bond acceptors (Lipinski definition) is 3. The Hall–Kier alpha value is -1.58. The Morgan fingerprint density at radius 1 is 0.909 bits per heavy atom. The molecular formula is C18H30O4. The van der Waals surface area contributed by atoms with Crippen LogP contribution in [0, 0.1) is 0 Å². The second-order valence-corrected chi connectivity index (χ2v) is 5.28. The van der Waals surface area contributed by atoms with E-state index in [2.05, 4.69) is 25.2 Å². The van der Waals surface area contributed by atoms with Crippen LogP contribution in [0.3, 0.4) is 0 Å². The quantitative estimate of drug-likeness (QED) is 0.288. The van der Waals surface area contributed by atoms with Crippen molar-refractivity contribution in [2.45, 2.75) is 71.1 Å². The predicted molar refractivity (Wildman–Crippen MR) is 88.7 cm³/mol. The van der Waals surface area contributed by atoms with E-state index in [-0.39, 0.29) is 12.4 Å². The molecule has 0 fully saturated rings. The lowest BCUT2D eigenvalue weighted by Gasteiger charge is -2.02. The second kappa shape index (κ2) is 15.8. The molecule has 0 rings (SSSR count). The molecule has 0 radical (unpaired) electrons. The van der Waals surface area contributed by atoms with E-state index in [4.69, 9.17) is 9.84 Å². The highest BCUT2D eigenvalue weighted by Gasteiger charge is 2.03. The SMILES string of the molecule is CCCCC/C=C\C/C=C\CCOC(=O)CCCCC(=O)O. The first-order chi connectivity index (χ1) is 10.7. The van der Waals surface area contributed by atoms with Gasteiger partial charge in [0.05, 0.1) is 6.61 Å². The molecule has 0 aliphatic heterocycles. The van der Waals surface area contributed by atoms with Crippen LogP contribution in [0.1, 0.15) is 71.1 Å². The molecule has 0 saturated heterocycles. The van der Waals surface area contributed by atoms with Gasteiger partial charge in [-0.1, -0.05) is 44.1 Å². The molecule has 0 aromatic carbocycles. The first-order valence-corrected chi connectivity index (χ1v) is 8.34. The van der Waals surface area contributed by atoms with Gasteiger partial charge in [-0.15, -0.1) is 0 Å². The number of carbonyl (C=O) groups is 2. The van der Waals surface area contributed by atoms with Crippen molar-refractivity contribution in [2.24, 2.45) is 0 Å². The van der Waals surface area contributed by atoms with E-state index >= 15 is 0 Å². The van der Waals surface area contributed by atoms with E-state index in [0.717, 1.165) is 19.3 Å². The van der Waals surface area contributed by atoms with Crippen LogP contribution in [0.4, 0.5) is 0 Å². The molecular weight excluding hydrogens is 280 g/mol. The van der Waals surface area contributed by atoms with Crippen LogP contribution in [-0.4, -0.2) is 23.7 Å². The summed E-state index contributed by atoms with van der Waals surface area (Å²) in [5, 5.41) is 8.47. The van der Waals surface area contributed by atoms with Gasteiger partial charge in [0.15, 0.2) is 0 Å². The minimum Gasteiger partial charge on any atom is -0.481 e. The molecule has 22 heavy (non-hydrogen) atoms. The Bertz CT molecular complexity index is 345. The molecule has 0 aliphatic rings. The standard InChI is InChI=1S/C18H30O4/c1-2-3-4-5-6-7-8-9-10-13-16-22-18(21)15-12-11-14-17(19)20/h6-7,9-10H,2-5,8,11-16H2,1H3,(H,19,20)/b7-6-,10-9-. The molecule has 0 spiro atoms. The minimum absolute atomic E-state index is 0.113. The number of esters is 1. The van der Waals surface area contributed by atoms with Crippen molar-refractivity contribution in [3.63, 3.8) is 0 Å². The summed E-state index contributed by atoms with van der Waals surface area (Å²) in [5.41, 5.74) is 0. The largest absolute Gasteiger partial charge is 0.481 e. The van der Waals surface area contributed by atoms with E-state index < -0.39 is 5.97 Å². The van der Waals surface area contributed by atoms with Crippen LogP contribution >= 0.6 is 0 Å². The fourth-order valence-corrected chi connectivity index (χ4v) is 1.88. The molecule has 0 atom stereocenters. The number of unbranched alkanes of at least 4 members (excludes halogenated alkanes) is 4. The van der Waals surface area contributed by atoms with Crippen LogP contribution in [0.15, 0.2) is 24.3 Å². The van der Waals surface area contributed by atoms with Gasteiger partial charge in [-0.3, -0.25) is 9.59 Å². The van der Waals surface area contributed by atoms with E-state index in [0.29, 0.717) is 25.9 Å². The molecule has 0 unspecified atom stereocenters. The van der Waals surface area contributed by atoms with Gasteiger partial charge in [0, 0.05) is 12.8 Å². The van der Waals surface area contributed by atoms with Gasteiger partial charge in [0.2, 0.25) is 0 Å². The lowest BCUT2D eigenvalue weighted by atomic mass is 10.2. The van der Waals surface area contributed by atoms with Crippen molar-refractivity contribution in [1.29, 1.82) is 0 Å². The van der Waals surface area contributed by atoms with Crippen molar-refractivity contribution < 1.29 is 19.4 Å². The maximum absolute atomic E-state index is 11.3. The topological polar surface area (TPSA) is 63.6 Å². The molecule has 4 heteroatoms. The highest BCUT2D eigenvalue weighted by atomic mass is 16.5. The van der Waals surface area contributed by atoms with Gasteiger partial charge >= 0.3 is 11.9 Å². The fourth-order valence-electron chi connectivity index (χ4n) is 1.88. The molecule has 0 aromatic rings. The van der Waals surface area contributed by atoms with Crippen LogP contribution in [0.2, 0.25) is 0 Å². The molecule has 0 saturated carbocycles. The number of carbonyl (C=O) groups excluding carboxylic acids is 1. The van der Waals surface area contributed by atoms with Crippen molar-refractivity contribution in [1.82, 2.24) is 0 Å². The summed E-state index contributed by atoms with van der Waals surface area (Å²) in [6.07, 6.45) is 16.6. The van der Waals surface area contributed by atoms with Crippen molar-refractivity contribution >= 4 is 11.9 Å². The third-order valence-electron chi connectivity index (χ3n) is 3.15. The monoisotopic (exact) mass is 310 g/mol. The van der Waals surface area contributed by atoms with Crippen LogP contribution in [-0.2, 0) is 14.3 Å². The maximum Gasteiger partial charge on any atom is 0.305 e. The summed E-state index contributed by atoms with van der Waals surface area (Å²) >= 11 is 0. The molecule has 4 nitrogen and oxygen atoms in total. The van der Waals surface area contributed by atoms with E-state index in [1.54, 1.807) is 0 Å². The highest BCUT2D eigenvalue weighted by molar-refractivity contribution is 5.69. The summed E-state index contributed by atoms with van der Waals surface area (Å²) in [6, 6.07) is 0. The molecule has 126 valence electrons. The Morgan fingerprint density at radius 2 is 1.59 bits per heavy atom. The number of carboxylic acid groups (broad SMARTS) is 1. The Morgan fingerprint density at radius 3 is 2.27 bits per heavy atom. The zero-order chi connectivity index (χ0) is 16.5. The predicted octanol–water partition coefficient (Wildman–Crippen LogP) is 4.65. The van der Waals surface area contributed by atoms with E-state index in [1.165, 1.54) is 19.3 Å². The number of carboxylic acids is 1. The lowest BCUT2D eigenvalue weighted by Crippen LogP contribution is -2.05. The van der Waals surface area contributed by atoms with Gasteiger partial charge in [-0.2, -0.15) is 0 Å². The van der Waals surface area contributed by atoms with Crippen molar-refractivity contribution in [3.05, 3.63) is 24.3 Å². The molecule has 0 aliphatic carbocycles. The lowest BCUT2D eigenvalue weighted by molar-refractivity contribution is -0.144. The summed E-state index contributed by atoms with van der Waals surface area (Å²) in [6.45, 7) is 2.60. The fraction of sp³-hybridized carbons (Fsp3) is 0.667. The van der Waals surface area contributed by atoms with Crippen LogP contribution < -0.4 is 0 Å². The number of hydrogen-bond donors (Lipinski definition) is 1. The normalized spacial score (nSPS) is 11.3. The van der Waals surface area contributed by atoms with Gasteiger partial charge < -0.3 is 9.84 Å².